The third-order valence-electron chi connectivity index (χ3n) is 3.31. The first-order valence-electron chi connectivity index (χ1n) is 5.93. The van der Waals surface area contributed by atoms with Gasteiger partial charge in [-0.05, 0) is 31.5 Å². The average Bonchev–Trinajstić information content (AvgIpc) is 2.66. The Bertz CT molecular complexity index is 511. The van der Waals surface area contributed by atoms with Gasteiger partial charge in [0.25, 0.3) is 0 Å². The quantitative estimate of drug-likeness (QED) is 0.900. The van der Waals surface area contributed by atoms with Crippen molar-refractivity contribution in [2.75, 3.05) is 4.90 Å². The number of anilines is 1. The van der Waals surface area contributed by atoms with E-state index in [0.717, 1.165) is 6.07 Å². The summed E-state index contributed by atoms with van der Waals surface area (Å²) >= 11 is 0. The van der Waals surface area contributed by atoms with Crippen LogP contribution in [0.2, 0.25) is 0 Å². The van der Waals surface area contributed by atoms with Crippen LogP contribution in [0.3, 0.4) is 0 Å². The Kier molecular flexibility index (Phi) is 3.20. The molecule has 1 unspecified atom stereocenters. The van der Waals surface area contributed by atoms with Crippen LogP contribution in [0.15, 0.2) is 18.2 Å². The molecule has 3 nitrogen and oxygen atoms in total. The molecule has 1 aliphatic heterocycles. The third-order valence-corrected chi connectivity index (χ3v) is 3.31. The number of carbonyl (C=O) groups is 1. The van der Waals surface area contributed by atoms with Gasteiger partial charge < -0.3 is 10.0 Å². The second-order valence-electron chi connectivity index (χ2n) is 4.86. The molecule has 0 spiro atoms. The largest absolute Gasteiger partial charge is 0.480 e. The predicted octanol–water partition coefficient (Wildman–Crippen LogP) is 2.93. The number of carboxylic acid groups (broad SMARTS) is 1. The van der Waals surface area contributed by atoms with E-state index in [9.17, 15) is 23.1 Å². The number of halogens is 3. The van der Waals surface area contributed by atoms with Crippen molar-refractivity contribution in [3.8, 4) is 0 Å². The smallest absolute Gasteiger partial charge is 0.416 e. The van der Waals surface area contributed by atoms with Crippen molar-refractivity contribution >= 4 is 11.7 Å². The van der Waals surface area contributed by atoms with E-state index in [-0.39, 0.29) is 18.0 Å². The van der Waals surface area contributed by atoms with Gasteiger partial charge in [0.2, 0.25) is 0 Å². The van der Waals surface area contributed by atoms with Gasteiger partial charge in [-0.2, -0.15) is 13.2 Å². The number of carboxylic acids is 1. The SMILES string of the molecule is CC(C)N1c2cccc(C(F)(F)F)c2CC1C(=O)O. The van der Waals surface area contributed by atoms with Crippen molar-refractivity contribution in [2.45, 2.75) is 38.5 Å². The second-order valence-corrected chi connectivity index (χ2v) is 4.86. The number of benzene rings is 1. The summed E-state index contributed by atoms with van der Waals surface area (Å²) in [6.45, 7) is 3.54. The van der Waals surface area contributed by atoms with Gasteiger partial charge in [-0.15, -0.1) is 0 Å². The topological polar surface area (TPSA) is 40.5 Å². The van der Waals surface area contributed by atoms with E-state index < -0.39 is 23.8 Å². The van der Waals surface area contributed by atoms with Gasteiger partial charge in [0.05, 0.1) is 5.56 Å². The zero-order valence-electron chi connectivity index (χ0n) is 10.5. The molecule has 1 heterocycles. The molecule has 1 N–H and O–H groups in total. The van der Waals surface area contributed by atoms with Gasteiger partial charge >= 0.3 is 12.1 Å². The lowest BCUT2D eigenvalue weighted by Gasteiger charge is -2.29. The van der Waals surface area contributed by atoms with E-state index in [4.69, 9.17) is 0 Å². The maximum Gasteiger partial charge on any atom is 0.416 e. The Labute approximate surface area is 108 Å². The lowest BCUT2D eigenvalue weighted by molar-refractivity contribution is -0.140. The zero-order chi connectivity index (χ0) is 14.4. The summed E-state index contributed by atoms with van der Waals surface area (Å²) in [6, 6.07) is 2.76. The molecule has 1 aromatic carbocycles. The van der Waals surface area contributed by atoms with Crippen LogP contribution in [0.25, 0.3) is 0 Å². The van der Waals surface area contributed by atoms with Gasteiger partial charge in [0, 0.05) is 18.2 Å². The molecular formula is C13H14F3NO2. The van der Waals surface area contributed by atoms with Gasteiger partial charge in [0.15, 0.2) is 0 Å². The van der Waals surface area contributed by atoms with Crippen LogP contribution in [-0.4, -0.2) is 23.2 Å². The fourth-order valence-electron chi connectivity index (χ4n) is 2.60. The summed E-state index contributed by atoms with van der Waals surface area (Å²) in [7, 11) is 0. The monoisotopic (exact) mass is 273 g/mol. The minimum Gasteiger partial charge on any atom is -0.480 e. The summed E-state index contributed by atoms with van der Waals surface area (Å²) in [5.41, 5.74) is -0.285. The first kappa shape index (κ1) is 13.7. The molecule has 1 atom stereocenters. The molecule has 104 valence electrons. The zero-order valence-corrected chi connectivity index (χ0v) is 10.5. The van der Waals surface area contributed by atoms with Crippen LogP contribution >= 0.6 is 0 Å². The summed E-state index contributed by atoms with van der Waals surface area (Å²) in [6.07, 6.45) is -4.57. The number of alkyl halides is 3. The van der Waals surface area contributed by atoms with Crippen molar-refractivity contribution in [1.29, 1.82) is 0 Å². The van der Waals surface area contributed by atoms with Crippen molar-refractivity contribution in [1.82, 2.24) is 0 Å². The highest BCUT2D eigenvalue weighted by molar-refractivity contribution is 5.83. The van der Waals surface area contributed by atoms with E-state index >= 15 is 0 Å². The molecule has 1 aliphatic rings. The Morgan fingerprint density at radius 3 is 2.53 bits per heavy atom. The van der Waals surface area contributed by atoms with Crippen LogP contribution < -0.4 is 4.90 Å². The number of nitrogens with zero attached hydrogens (tertiary/aromatic N) is 1. The van der Waals surface area contributed by atoms with E-state index in [1.807, 2.05) is 0 Å². The van der Waals surface area contributed by atoms with Gasteiger partial charge in [-0.3, -0.25) is 0 Å². The molecule has 1 aromatic rings. The van der Waals surface area contributed by atoms with Crippen LogP contribution in [0, 0.1) is 0 Å². The standard InChI is InChI=1S/C13H14F3NO2/c1-7(2)17-10-5-3-4-9(13(14,15)16)8(10)6-11(17)12(18)19/h3-5,7,11H,6H2,1-2H3,(H,18,19). The molecule has 0 saturated carbocycles. The number of aliphatic carboxylic acids is 1. The van der Waals surface area contributed by atoms with Crippen LogP contribution in [0.5, 0.6) is 0 Å². The number of hydrogen-bond donors (Lipinski definition) is 1. The molecule has 0 bridgehead atoms. The Morgan fingerprint density at radius 1 is 1.42 bits per heavy atom. The van der Waals surface area contributed by atoms with Gasteiger partial charge in [-0.1, -0.05) is 6.07 Å². The van der Waals surface area contributed by atoms with Gasteiger partial charge in [0.1, 0.15) is 6.04 Å². The minimum atomic E-state index is -4.46. The fourth-order valence-corrected chi connectivity index (χ4v) is 2.60. The lowest BCUT2D eigenvalue weighted by atomic mass is 10.0. The molecule has 0 saturated heterocycles. The molecule has 0 fully saturated rings. The van der Waals surface area contributed by atoms with E-state index in [1.165, 1.54) is 11.0 Å². The average molecular weight is 273 g/mol. The molecule has 0 radical (unpaired) electrons. The van der Waals surface area contributed by atoms with Crippen LogP contribution in [0.4, 0.5) is 18.9 Å². The first-order valence-corrected chi connectivity index (χ1v) is 5.93. The number of rotatable bonds is 2. The van der Waals surface area contributed by atoms with Crippen LogP contribution in [0.1, 0.15) is 25.0 Å². The van der Waals surface area contributed by atoms with Crippen molar-refractivity contribution in [2.24, 2.45) is 0 Å². The Hall–Kier alpha value is -1.72. The van der Waals surface area contributed by atoms with E-state index in [0.29, 0.717) is 5.69 Å². The fraction of sp³-hybridized carbons (Fsp3) is 0.462. The summed E-state index contributed by atoms with van der Waals surface area (Å²) < 4.78 is 38.8. The molecule has 0 aliphatic carbocycles. The van der Waals surface area contributed by atoms with Crippen molar-refractivity contribution in [3.63, 3.8) is 0 Å². The summed E-state index contributed by atoms with van der Waals surface area (Å²) in [5.74, 6) is -1.10. The molecular weight excluding hydrogens is 259 g/mol. The van der Waals surface area contributed by atoms with E-state index in [2.05, 4.69) is 0 Å². The summed E-state index contributed by atoms with van der Waals surface area (Å²) in [4.78, 5) is 12.8. The Balaban J connectivity index is 2.56. The lowest BCUT2D eigenvalue weighted by Crippen LogP contribution is -2.42. The molecule has 2 rings (SSSR count). The highest BCUT2D eigenvalue weighted by Crippen LogP contribution is 2.42. The molecule has 0 aromatic heterocycles. The molecule has 0 amide bonds. The normalized spacial score (nSPS) is 18.8. The van der Waals surface area contributed by atoms with Crippen LogP contribution in [-0.2, 0) is 17.4 Å². The number of fused-ring (bicyclic) bond motifs is 1. The minimum absolute atomic E-state index is 0.0797. The predicted molar refractivity (Wildman–Crippen MR) is 64.2 cm³/mol. The highest BCUT2D eigenvalue weighted by atomic mass is 19.4. The molecule has 6 heteroatoms. The summed E-state index contributed by atoms with van der Waals surface area (Å²) in [5, 5.41) is 9.18. The maximum atomic E-state index is 12.9. The van der Waals surface area contributed by atoms with Crippen molar-refractivity contribution in [3.05, 3.63) is 29.3 Å². The Morgan fingerprint density at radius 2 is 2.05 bits per heavy atom. The number of hydrogen-bond acceptors (Lipinski definition) is 2. The first-order chi connectivity index (χ1) is 8.73. The second kappa shape index (κ2) is 4.43. The third kappa shape index (κ3) is 2.27. The maximum absolute atomic E-state index is 12.9. The van der Waals surface area contributed by atoms with Crippen molar-refractivity contribution < 1.29 is 23.1 Å². The highest BCUT2D eigenvalue weighted by Gasteiger charge is 2.42. The van der Waals surface area contributed by atoms with E-state index in [1.54, 1.807) is 19.9 Å². The molecule has 19 heavy (non-hydrogen) atoms. The van der Waals surface area contributed by atoms with Gasteiger partial charge in [-0.25, -0.2) is 4.79 Å².